The summed E-state index contributed by atoms with van der Waals surface area (Å²) in [5, 5.41) is 35.0. The number of nitrogens with one attached hydrogen (secondary N) is 1. The summed E-state index contributed by atoms with van der Waals surface area (Å²) < 4.78 is 3.31. The maximum Gasteiger partial charge on any atom is 0.164 e. The minimum absolute atomic E-state index is 0.116. The average molecular weight is 403 g/mol. The minimum atomic E-state index is 0.116. The fraction of sp³-hybridized carbons (Fsp3) is 0.300. The third-order valence-electron chi connectivity index (χ3n) is 4.45. The van der Waals surface area contributed by atoms with Crippen molar-refractivity contribution >= 4 is 16.7 Å². The molecule has 0 aliphatic carbocycles. The van der Waals surface area contributed by atoms with Gasteiger partial charge in [0.1, 0.15) is 11.8 Å². The number of aromatic nitrogens is 7. The molecule has 4 aromatic rings. The van der Waals surface area contributed by atoms with Gasteiger partial charge in [-0.15, -0.1) is 5.10 Å². The number of hydrogen-bond donors (Lipinski definition) is 2. The fourth-order valence-corrected chi connectivity index (χ4v) is 3.10. The first kappa shape index (κ1) is 19.5. The molecule has 10 nitrogen and oxygen atoms in total. The molecule has 30 heavy (non-hydrogen) atoms. The number of aliphatic hydroxyl groups excluding tert-OH is 1. The maximum atomic E-state index is 9.07. The Morgan fingerprint density at radius 2 is 2.07 bits per heavy atom. The maximum absolute atomic E-state index is 9.07. The van der Waals surface area contributed by atoms with Gasteiger partial charge >= 0.3 is 0 Å². The predicted octanol–water partition coefficient (Wildman–Crippen LogP) is 2.01. The molecule has 0 unspecified atom stereocenters. The first-order valence-electron chi connectivity index (χ1n) is 9.62. The lowest BCUT2D eigenvalue weighted by Gasteiger charge is -2.15. The van der Waals surface area contributed by atoms with E-state index in [0.717, 1.165) is 22.5 Å². The Morgan fingerprint density at radius 1 is 1.20 bits per heavy atom. The highest BCUT2D eigenvalue weighted by Crippen LogP contribution is 2.24. The van der Waals surface area contributed by atoms with Gasteiger partial charge < -0.3 is 10.4 Å². The van der Waals surface area contributed by atoms with Gasteiger partial charge in [0.2, 0.25) is 0 Å². The lowest BCUT2D eigenvalue weighted by atomic mass is 10.2. The second-order valence-corrected chi connectivity index (χ2v) is 7.15. The summed E-state index contributed by atoms with van der Waals surface area (Å²) in [6.45, 7) is 4.21. The molecule has 0 aliphatic rings. The number of rotatable bonds is 7. The van der Waals surface area contributed by atoms with Gasteiger partial charge in [0.05, 0.1) is 35.5 Å². The van der Waals surface area contributed by atoms with Crippen molar-refractivity contribution < 1.29 is 5.11 Å². The van der Waals surface area contributed by atoms with E-state index in [0.29, 0.717) is 29.9 Å². The second kappa shape index (κ2) is 8.26. The Labute approximate surface area is 172 Å². The van der Waals surface area contributed by atoms with Crippen molar-refractivity contribution in [2.45, 2.75) is 32.7 Å². The van der Waals surface area contributed by atoms with Gasteiger partial charge in [-0.05, 0) is 32.8 Å². The van der Waals surface area contributed by atoms with Crippen LogP contribution in [0.1, 0.15) is 31.5 Å². The highest BCUT2D eigenvalue weighted by atomic mass is 16.2. The third-order valence-corrected chi connectivity index (χ3v) is 4.45. The Kier molecular flexibility index (Phi) is 5.36. The van der Waals surface area contributed by atoms with Crippen LogP contribution in [0, 0.1) is 11.3 Å². The van der Waals surface area contributed by atoms with Crippen LogP contribution in [0.4, 0.5) is 5.69 Å². The van der Waals surface area contributed by atoms with Gasteiger partial charge in [-0.1, -0.05) is 5.21 Å². The van der Waals surface area contributed by atoms with Gasteiger partial charge in [0.15, 0.2) is 11.5 Å². The molecule has 0 atom stereocenters. The molecule has 0 radical (unpaired) electrons. The molecule has 4 aromatic heterocycles. The normalized spacial score (nSPS) is 11.2. The van der Waals surface area contributed by atoms with Gasteiger partial charge in [-0.25, -0.2) is 14.6 Å². The number of aryl methyl sites for hydroxylation is 1. The molecule has 4 rings (SSSR count). The van der Waals surface area contributed by atoms with Crippen LogP contribution in [0.25, 0.3) is 22.5 Å². The fourth-order valence-electron chi connectivity index (χ4n) is 3.10. The molecule has 0 saturated heterocycles. The number of hydrogen-bond acceptors (Lipinski definition) is 8. The van der Waals surface area contributed by atoms with Crippen molar-refractivity contribution in [1.29, 1.82) is 5.26 Å². The third kappa shape index (κ3) is 3.83. The van der Waals surface area contributed by atoms with E-state index in [4.69, 9.17) is 10.4 Å². The van der Waals surface area contributed by atoms with E-state index in [9.17, 15) is 0 Å². The Morgan fingerprint density at radius 3 is 2.83 bits per heavy atom. The van der Waals surface area contributed by atoms with E-state index in [1.54, 1.807) is 27.8 Å². The largest absolute Gasteiger partial charge is 0.396 e. The first-order valence-corrected chi connectivity index (χ1v) is 9.62. The van der Waals surface area contributed by atoms with E-state index in [-0.39, 0.29) is 12.6 Å². The zero-order valence-corrected chi connectivity index (χ0v) is 16.7. The first-order chi connectivity index (χ1) is 14.6. The van der Waals surface area contributed by atoms with E-state index in [1.165, 1.54) is 6.20 Å². The molecule has 0 aromatic carbocycles. The van der Waals surface area contributed by atoms with Crippen LogP contribution in [-0.4, -0.2) is 52.5 Å². The van der Waals surface area contributed by atoms with Crippen LogP contribution < -0.4 is 5.32 Å². The minimum Gasteiger partial charge on any atom is -0.396 e. The molecule has 0 aliphatic heterocycles. The lowest BCUT2D eigenvalue weighted by molar-refractivity contribution is 0.288. The van der Waals surface area contributed by atoms with Crippen molar-refractivity contribution in [2.24, 2.45) is 0 Å². The highest BCUT2D eigenvalue weighted by molar-refractivity contribution is 5.77. The molecule has 0 fully saturated rings. The lowest BCUT2D eigenvalue weighted by Crippen LogP contribution is -2.14. The second-order valence-electron chi connectivity index (χ2n) is 7.15. The number of anilines is 1. The average Bonchev–Trinajstić information content (AvgIpc) is 3.38. The summed E-state index contributed by atoms with van der Waals surface area (Å²) in [5.74, 6) is 0.592. The van der Waals surface area contributed by atoms with Gasteiger partial charge in [-0.3, -0.25) is 0 Å². The van der Waals surface area contributed by atoms with Crippen molar-refractivity contribution in [3.8, 4) is 17.6 Å². The molecule has 152 valence electrons. The standard InChI is InChI=1S/C20H21N9O/c1-13(2)25-17-7-19(29-20-15(10-24-29)6-14(8-21)9-23-20)22-11-18(17)28-12-16(26-27-28)4-3-5-30/h6-7,9-13,30H,3-5H2,1-2H3,(H,22,25). The van der Waals surface area contributed by atoms with Crippen LogP contribution in [-0.2, 0) is 6.42 Å². The van der Waals surface area contributed by atoms with Gasteiger partial charge in [0.25, 0.3) is 0 Å². The smallest absolute Gasteiger partial charge is 0.164 e. The summed E-state index contributed by atoms with van der Waals surface area (Å²) in [6.07, 6.45) is 8.03. The van der Waals surface area contributed by atoms with Crippen molar-refractivity contribution in [2.75, 3.05) is 11.9 Å². The van der Waals surface area contributed by atoms with Crippen LogP contribution in [0.3, 0.4) is 0 Å². The number of pyridine rings is 2. The van der Waals surface area contributed by atoms with Crippen molar-refractivity contribution in [1.82, 2.24) is 34.7 Å². The van der Waals surface area contributed by atoms with Crippen LogP contribution in [0.2, 0.25) is 0 Å². The van der Waals surface area contributed by atoms with E-state index in [1.807, 2.05) is 26.1 Å². The van der Waals surface area contributed by atoms with Crippen molar-refractivity contribution in [3.05, 3.63) is 48.2 Å². The molecule has 10 heteroatoms. The van der Waals surface area contributed by atoms with Crippen molar-refractivity contribution in [3.63, 3.8) is 0 Å². The molecule has 4 heterocycles. The van der Waals surface area contributed by atoms with E-state index < -0.39 is 0 Å². The molecule has 0 saturated carbocycles. The Balaban J connectivity index is 1.75. The predicted molar refractivity (Wildman–Crippen MR) is 110 cm³/mol. The van der Waals surface area contributed by atoms with Crippen LogP contribution in [0.5, 0.6) is 0 Å². The zero-order chi connectivity index (χ0) is 21.1. The van der Waals surface area contributed by atoms with Crippen LogP contribution >= 0.6 is 0 Å². The number of aliphatic hydroxyl groups is 1. The monoisotopic (exact) mass is 403 g/mol. The molecule has 0 amide bonds. The summed E-state index contributed by atoms with van der Waals surface area (Å²) in [7, 11) is 0. The van der Waals surface area contributed by atoms with E-state index in [2.05, 4.69) is 36.8 Å². The topological polar surface area (TPSA) is 130 Å². The molecular formula is C20H21N9O. The molecular weight excluding hydrogens is 382 g/mol. The Bertz CT molecular complexity index is 1220. The molecule has 2 N–H and O–H groups in total. The summed E-state index contributed by atoms with van der Waals surface area (Å²) >= 11 is 0. The Hall–Kier alpha value is -3.84. The van der Waals surface area contributed by atoms with E-state index >= 15 is 0 Å². The SMILES string of the molecule is CC(C)Nc1cc(-n2ncc3cc(C#N)cnc32)ncc1-n1cc(CCCO)nn1. The quantitative estimate of drug-likeness (QED) is 0.479. The summed E-state index contributed by atoms with van der Waals surface area (Å²) in [4.78, 5) is 8.92. The summed E-state index contributed by atoms with van der Waals surface area (Å²) in [5.41, 5.74) is 3.49. The van der Waals surface area contributed by atoms with Gasteiger partial charge in [0, 0.05) is 30.3 Å². The molecule has 0 spiro atoms. The van der Waals surface area contributed by atoms with Gasteiger partial charge in [-0.2, -0.15) is 15.0 Å². The number of nitrogens with zero attached hydrogens (tertiary/aromatic N) is 8. The number of fused-ring (bicyclic) bond motifs is 1. The summed E-state index contributed by atoms with van der Waals surface area (Å²) in [6, 6.07) is 5.90. The van der Waals surface area contributed by atoms with Crippen LogP contribution in [0.15, 0.2) is 36.9 Å². The molecule has 0 bridgehead atoms. The zero-order valence-electron chi connectivity index (χ0n) is 16.7. The highest BCUT2D eigenvalue weighted by Gasteiger charge is 2.14. The number of nitriles is 1.